The van der Waals surface area contributed by atoms with Crippen molar-refractivity contribution in [2.75, 3.05) is 5.32 Å². The topological polar surface area (TPSA) is 73.2 Å². The first-order valence-corrected chi connectivity index (χ1v) is 10.0. The molecule has 2 aromatic heterocycles. The molecule has 0 fully saturated rings. The van der Waals surface area contributed by atoms with Crippen LogP contribution in [0.3, 0.4) is 0 Å². The lowest BCUT2D eigenvalue weighted by Gasteiger charge is -2.11. The molecule has 0 bridgehead atoms. The second kappa shape index (κ2) is 7.57. The number of ether oxygens (including phenoxy) is 1. The van der Waals surface area contributed by atoms with Crippen LogP contribution < -0.4 is 15.6 Å². The van der Waals surface area contributed by atoms with Crippen molar-refractivity contribution in [1.29, 1.82) is 0 Å². The number of aromatic nitrogens is 2. The van der Waals surface area contributed by atoms with Crippen LogP contribution in [-0.2, 0) is 4.79 Å². The molecule has 4 aromatic rings. The predicted molar refractivity (Wildman–Crippen MR) is 114 cm³/mol. The number of fused-ring (bicyclic) bond motifs is 1. The van der Waals surface area contributed by atoms with Gasteiger partial charge in [0, 0.05) is 16.8 Å². The van der Waals surface area contributed by atoms with Gasteiger partial charge in [0.15, 0.2) is 0 Å². The highest BCUT2D eigenvalue weighted by molar-refractivity contribution is 9.10. The Balaban J connectivity index is 1.94. The molecular weight excluding hydrogens is 442 g/mol. The molecular formula is C20H14BrN3O3S. The van der Waals surface area contributed by atoms with Crippen LogP contribution in [0, 0.1) is 0 Å². The molecule has 2 aromatic carbocycles. The van der Waals surface area contributed by atoms with Crippen molar-refractivity contribution in [3.63, 3.8) is 0 Å². The minimum Gasteiger partial charge on any atom is -0.437 e. The number of carbonyl (C=O) groups excluding carboxylic acids is 1. The standard InChI is InChI=1S/C20H14BrN3O3S/c1-12(25)22-19-17-16(11-28-19)18(27-15-9-7-13(21)8-10-15)23-24(20(17)26)14-5-3-2-4-6-14/h2-11H,1H3,(H,22,25). The summed E-state index contributed by atoms with van der Waals surface area (Å²) in [6.45, 7) is 1.40. The smallest absolute Gasteiger partial charge is 0.282 e. The van der Waals surface area contributed by atoms with Crippen molar-refractivity contribution in [3.8, 4) is 17.3 Å². The van der Waals surface area contributed by atoms with Gasteiger partial charge < -0.3 is 10.1 Å². The molecule has 0 aliphatic rings. The second-order valence-corrected chi connectivity index (χ2v) is 7.74. The molecule has 0 saturated carbocycles. The average molecular weight is 456 g/mol. The third-order valence-corrected chi connectivity index (χ3v) is 5.36. The maximum absolute atomic E-state index is 13.1. The van der Waals surface area contributed by atoms with Gasteiger partial charge in [-0.25, -0.2) is 0 Å². The normalized spacial score (nSPS) is 10.8. The first kappa shape index (κ1) is 18.4. The van der Waals surface area contributed by atoms with Crippen molar-refractivity contribution >= 4 is 48.9 Å². The Hall–Kier alpha value is -2.97. The molecule has 1 amide bonds. The van der Waals surface area contributed by atoms with E-state index in [9.17, 15) is 9.59 Å². The number of nitrogens with one attached hydrogen (secondary N) is 1. The minimum atomic E-state index is -0.325. The summed E-state index contributed by atoms with van der Waals surface area (Å²) in [5.41, 5.74) is 0.282. The summed E-state index contributed by atoms with van der Waals surface area (Å²) in [5, 5.41) is 10.3. The van der Waals surface area contributed by atoms with Crippen molar-refractivity contribution < 1.29 is 9.53 Å². The van der Waals surface area contributed by atoms with E-state index in [2.05, 4.69) is 26.3 Å². The highest BCUT2D eigenvalue weighted by Crippen LogP contribution is 2.35. The Morgan fingerprint density at radius 2 is 1.86 bits per heavy atom. The summed E-state index contributed by atoms with van der Waals surface area (Å²) in [7, 11) is 0. The van der Waals surface area contributed by atoms with Crippen LogP contribution in [0.25, 0.3) is 16.5 Å². The van der Waals surface area contributed by atoms with Crippen LogP contribution in [-0.4, -0.2) is 15.7 Å². The molecule has 0 unspecified atom stereocenters. The molecule has 28 heavy (non-hydrogen) atoms. The van der Waals surface area contributed by atoms with E-state index >= 15 is 0 Å². The summed E-state index contributed by atoms with van der Waals surface area (Å²) in [5.74, 6) is 0.623. The monoisotopic (exact) mass is 455 g/mol. The minimum absolute atomic E-state index is 0.249. The van der Waals surface area contributed by atoms with Crippen LogP contribution >= 0.6 is 27.3 Å². The van der Waals surface area contributed by atoms with Crippen molar-refractivity contribution in [3.05, 3.63) is 74.8 Å². The lowest BCUT2D eigenvalue weighted by atomic mass is 10.2. The maximum Gasteiger partial charge on any atom is 0.282 e. The highest BCUT2D eigenvalue weighted by atomic mass is 79.9. The van der Waals surface area contributed by atoms with Gasteiger partial charge in [0.25, 0.3) is 5.56 Å². The SMILES string of the molecule is CC(=O)Nc1scc2c(Oc3ccc(Br)cc3)nn(-c3ccccc3)c(=O)c12. The zero-order valence-corrected chi connectivity index (χ0v) is 17.1. The molecule has 2 heterocycles. The van der Waals surface area contributed by atoms with Gasteiger partial charge in [-0.3, -0.25) is 9.59 Å². The summed E-state index contributed by atoms with van der Waals surface area (Å²) >= 11 is 4.66. The number of nitrogens with zero attached hydrogens (tertiary/aromatic N) is 2. The molecule has 4 rings (SSSR count). The molecule has 0 atom stereocenters. The van der Waals surface area contributed by atoms with E-state index in [0.717, 1.165) is 4.47 Å². The zero-order valence-electron chi connectivity index (χ0n) is 14.7. The van der Waals surface area contributed by atoms with Crippen LogP contribution in [0.15, 0.2) is 69.2 Å². The van der Waals surface area contributed by atoms with Gasteiger partial charge in [-0.15, -0.1) is 16.4 Å². The number of halogens is 1. The number of hydrogen-bond donors (Lipinski definition) is 1. The van der Waals surface area contributed by atoms with Gasteiger partial charge in [-0.2, -0.15) is 4.68 Å². The first-order chi connectivity index (χ1) is 13.5. The van der Waals surface area contributed by atoms with Crippen LogP contribution in [0.2, 0.25) is 0 Å². The number of thiophene rings is 1. The molecule has 140 valence electrons. The third-order valence-electron chi connectivity index (χ3n) is 3.94. The fourth-order valence-corrected chi connectivity index (χ4v) is 3.95. The summed E-state index contributed by atoms with van der Waals surface area (Å²) in [4.78, 5) is 24.7. The van der Waals surface area contributed by atoms with E-state index in [4.69, 9.17) is 4.74 Å². The average Bonchev–Trinajstić information content (AvgIpc) is 3.10. The summed E-state index contributed by atoms with van der Waals surface area (Å²) < 4.78 is 8.20. The fourth-order valence-electron chi connectivity index (χ4n) is 2.71. The number of anilines is 1. The summed E-state index contributed by atoms with van der Waals surface area (Å²) in [6.07, 6.45) is 0. The Kier molecular flexibility index (Phi) is 4.97. The number of benzene rings is 2. The zero-order chi connectivity index (χ0) is 19.7. The lowest BCUT2D eigenvalue weighted by molar-refractivity contribution is -0.114. The van der Waals surface area contributed by atoms with Gasteiger partial charge in [-0.1, -0.05) is 34.1 Å². The molecule has 0 saturated heterocycles. The van der Waals surface area contributed by atoms with Gasteiger partial charge in [0.1, 0.15) is 10.8 Å². The first-order valence-electron chi connectivity index (χ1n) is 8.34. The van der Waals surface area contributed by atoms with E-state index in [1.807, 2.05) is 30.3 Å². The summed E-state index contributed by atoms with van der Waals surface area (Å²) in [6, 6.07) is 16.4. The Bertz CT molecular complexity index is 1220. The predicted octanol–water partition coefficient (Wildman–Crippen LogP) is 4.96. The third kappa shape index (κ3) is 3.56. The second-order valence-electron chi connectivity index (χ2n) is 5.95. The number of amides is 1. The maximum atomic E-state index is 13.1. The number of carbonyl (C=O) groups is 1. The van der Waals surface area contributed by atoms with E-state index < -0.39 is 0 Å². The van der Waals surface area contributed by atoms with Gasteiger partial charge in [0.05, 0.1) is 16.5 Å². The largest absolute Gasteiger partial charge is 0.437 e. The van der Waals surface area contributed by atoms with Crippen molar-refractivity contribution in [2.24, 2.45) is 0 Å². The molecule has 0 radical (unpaired) electrons. The Morgan fingerprint density at radius 1 is 1.14 bits per heavy atom. The Labute approximate surface area is 172 Å². The number of rotatable bonds is 4. The molecule has 6 nitrogen and oxygen atoms in total. The van der Waals surface area contributed by atoms with Crippen molar-refractivity contribution in [1.82, 2.24) is 9.78 Å². The van der Waals surface area contributed by atoms with Gasteiger partial charge in [-0.05, 0) is 36.4 Å². The number of para-hydroxylation sites is 1. The molecule has 0 aliphatic carbocycles. The van der Waals surface area contributed by atoms with E-state index in [1.165, 1.54) is 22.9 Å². The fraction of sp³-hybridized carbons (Fsp3) is 0.0500. The van der Waals surface area contributed by atoms with Crippen LogP contribution in [0.1, 0.15) is 6.92 Å². The van der Waals surface area contributed by atoms with E-state index in [0.29, 0.717) is 27.2 Å². The molecule has 1 N–H and O–H groups in total. The van der Waals surface area contributed by atoms with E-state index in [-0.39, 0.29) is 17.3 Å². The number of hydrogen-bond acceptors (Lipinski definition) is 5. The van der Waals surface area contributed by atoms with Gasteiger partial charge in [0.2, 0.25) is 11.8 Å². The van der Waals surface area contributed by atoms with Crippen LogP contribution in [0.5, 0.6) is 11.6 Å². The van der Waals surface area contributed by atoms with Crippen LogP contribution in [0.4, 0.5) is 5.00 Å². The highest BCUT2D eigenvalue weighted by Gasteiger charge is 2.19. The van der Waals surface area contributed by atoms with E-state index in [1.54, 1.807) is 29.6 Å². The molecule has 0 aliphatic heterocycles. The van der Waals surface area contributed by atoms with Gasteiger partial charge >= 0.3 is 0 Å². The lowest BCUT2D eigenvalue weighted by Crippen LogP contribution is -2.22. The molecule has 8 heteroatoms. The molecule has 0 spiro atoms. The quantitative estimate of drug-likeness (QED) is 0.471. The Morgan fingerprint density at radius 3 is 2.54 bits per heavy atom. The van der Waals surface area contributed by atoms with Crippen molar-refractivity contribution in [2.45, 2.75) is 6.92 Å².